The molecule has 13 heavy (non-hydrogen) atoms. The van der Waals surface area contributed by atoms with E-state index in [1.165, 1.54) is 0 Å². The van der Waals surface area contributed by atoms with E-state index in [9.17, 15) is 10.2 Å². The van der Waals surface area contributed by atoms with E-state index in [1.54, 1.807) is 13.8 Å². The van der Waals surface area contributed by atoms with Crippen LogP contribution in [0.25, 0.3) is 0 Å². The van der Waals surface area contributed by atoms with Crippen molar-refractivity contribution in [1.82, 2.24) is 0 Å². The van der Waals surface area contributed by atoms with Crippen LogP contribution < -0.4 is 0 Å². The van der Waals surface area contributed by atoms with Crippen LogP contribution in [0.3, 0.4) is 0 Å². The molecule has 1 saturated carbocycles. The predicted molar refractivity (Wildman–Crippen MR) is 45.1 cm³/mol. The molecule has 1 aliphatic heterocycles. The Morgan fingerprint density at radius 3 is 1.77 bits per heavy atom. The van der Waals surface area contributed by atoms with E-state index in [-0.39, 0.29) is 12.2 Å². The van der Waals surface area contributed by atoms with Crippen LogP contribution in [-0.4, -0.2) is 40.4 Å². The van der Waals surface area contributed by atoms with Crippen LogP contribution in [0.5, 0.6) is 0 Å². The lowest BCUT2D eigenvalue weighted by molar-refractivity contribution is -0.156. The van der Waals surface area contributed by atoms with E-state index in [4.69, 9.17) is 9.47 Å². The molecule has 4 heteroatoms. The van der Waals surface area contributed by atoms with Gasteiger partial charge in [0.05, 0.1) is 12.2 Å². The lowest BCUT2D eigenvalue weighted by Gasteiger charge is -2.31. The van der Waals surface area contributed by atoms with Crippen LogP contribution in [0.2, 0.25) is 0 Å². The molecule has 0 aromatic carbocycles. The van der Waals surface area contributed by atoms with Gasteiger partial charge < -0.3 is 19.7 Å². The lowest BCUT2D eigenvalue weighted by atomic mass is 9.90. The van der Waals surface area contributed by atoms with Crippen molar-refractivity contribution in [3.8, 4) is 0 Å². The lowest BCUT2D eigenvalue weighted by Crippen LogP contribution is -2.47. The molecule has 0 aromatic rings. The minimum atomic E-state index is -0.679. The Morgan fingerprint density at radius 1 is 1.00 bits per heavy atom. The molecule has 1 aliphatic carbocycles. The van der Waals surface area contributed by atoms with Crippen molar-refractivity contribution >= 4 is 0 Å². The van der Waals surface area contributed by atoms with E-state index < -0.39 is 18.0 Å². The van der Waals surface area contributed by atoms with Crippen LogP contribution in [0, 0.1) is 0 Å². The fourth-order valence-corrected chi connectivity index (χ4v) is 2.08. The third-order valence-electron chi connectivity index (χ3n) is 2.68. The van der Waals surface area contributed by atoms with Gasteiger partial charge in [0.15, 0.2) is 5.79 Å². The van der Waals surface area contributed by atoms with Crippen molar-refractivity contribution in [1.29, 1.82) is 0 Å². The number of aliphatic hydroxyl groups excluding tert-OH is 2. The highest BCUT2D eigenvalue weighted by atomic mass is 16.8. The van der Waals surface area contributed by atoms with Gasteiger partial charge >= 0.3 is 0 Å². The summed E-state index contributed by atoms with van der Waals surface area (Å²) in [5.74, 6) is -0.679. The van der Waals surface area contributed by atoms with E-state index in [1.807, 2.05) is 0 Å². The molecule has 0 unspecified atom stereocenters. The Bertz CT molecular complexity index is 184. The first kappa shape index (κ1) is 9.40. The second-order valence-electron chi connectivity index (χ2n) is 4.28. The maximum Gasteiger partial charge on any atom is 0.164 e. The summed E-state index contributed by atoms with van der Waals surface area (Å²) in [6.07, 6.45) is -0.563. The third kappa shape index (κ3) is 1.59. The Labute approximate surface area is 77.5 Å². The average molecular weight is 188 g/mol. The molecule has 4 nitrogen and oxygen atoms in total. The summed E-state index contributed by atoms with van der Waals surface area (Å²) in [6.45, 7) is 3.59. The number of hydrogen-bond acceptors (Lipinski definition) is 4. The van der Waals surface area contributed by atoms with Gasteiger partial charge in [0.25, 0.3) is 0 Å². The van der Waals surface area contributed by atoms with Gasteiger partial charge in [-0.1, -0.05) is 0 Å². The van der Waals surface area contributed by atoms with E-state index in [2.05, 4.69) is 0 Å². The molecule has 2 aliphatic rings. The normalized spacial score (nSPS) is 48.9. The van der Waals surface area contributed by atoms with Crippen molar-refractivity contribution in [2.45, 2.75) is 56.9 Å². The van der Waals surface area contributed by atoms with Crippen molar-refractivity contribution in [3.63, 3.8) is 0 Å². The smallest absolute Gasteiger partial charge is 0.164 e. The Balaban J connectivity index is 2.14. The zero-order valence-corrected chi connectivity index (χ0v) is 7.93. The molecule has 2 rings (SSSR count). The van der Waals surface area contributed by atoms with Crippen molar-refractivity contribution in [2.24, 2.45) is 0 Å². The molecule has 2 N–H and O–H groups in total. The van der Waals surface area contributed by atoms with Gasteiger partial charge in [-0.05, 0) is 26.7 Å². The zero-order chi connectivity index (χ0) is 9.64. The summed E-state index contributed by atoms with van der Waals surface area (Å²) < 4.78 is 11.0. The molecular formula is C9H16O4. The van der Waals surface area contributed by atoms with Crippen molar-refractivity contribution < 1.29 is 19.7 Å². The van der Waals surface area contributed by atoms with Crippen LogP contribution in [0.15, 0.2) is 0 Å². The summed E-state index contributed by atoms with van der Waals surface area (Å²) in [4.78, 5) is 0. The summed E-state index contributed by atoms with van der Waals surface area (Å²) in [6, 6.07) is 0. The first-order valence-electron chi connectivity index (χ1n) is 4.71. The molecular weight excluding hydrogens is 172 g/mol. The number of ether oxygens (including phenoxy) is 2. The molecule has 0 spiro atoms. The molecule has 2 fully saturated rings. The minimum Gasteiger partial charge on any atom is -0.390 e. The highest BCUT2D eigenvalue weighted by Gasteiger charge is 2.50. The second kappa shape index (κ2) is 2.92. The van der Waals surface area contributed by atoms with Gasteiger partial charge in [-0.25, -0.2) is 0 Å². The molecule has 1 saturated heterocycles. The van der Waals surface area contributed by atoms with Crippen molar-refractivity contribution in [2.75, 3.05) is 0 Å². The highest BCUT2D eigenvalue weighted by molar-refractivity contribution is 4.94. The van der Waals surface area contributed by atoms with Gasteiger partial charge in [0.2, 0.25) is 0 Å². The zero-order valence-electron chi connectivity index (χ0n) is 7.93. The van der Waals surface area contributed by atoms with Crippen LogP contribution in [0.1, 0.15) is 26.7 Å². The molecule has 4 atom stereocenters. The highest BCUT2D eigenvalue weighted by Crippen LogP contribution is 2.36. The largest absolute Gasteiger partial charge is 0.390 e. The fourth-order valence-electron chi connectivity index (χ4n) is 2.08. The molecule has 0 amide bonds. The monoisotopic (exact) mass is 188 g/mol. The Kier molecular flexibility index (Phi) is 2.11. The predicted octanol–water partition coefficient (Wildman–Crippen LogP) is 0.0221. The Hall–Kier alpha value is -0.160. The van der Waals surface area contributed by atoms with Gasteiger partial charge in [-0.3, -0.25) is 0 Å². The van der Waals surface area contributed by atoms with Crippen LogP contribution in [0.4, 0.5) is 0 Å². The first-order chi connectivity index (χ1) is 5.99. The summed E-state index contributed by atoms with van der Waals surface area (Å²) in [5.41, 5.74) is 0. The number of rotatable bonds is 0. The number of fused-ring (bicyclic) bond motifs is 1. The van der Waals surface area contributed by atoms with Crippen LogP contribution in [-0.2, 0) is 9.47 Å². The third-order valence-corrected chi connectivity index (χ3v) is 2.68. The van der Waals surface area contributed by atoms with Gasteiger partial charge in [-0.2, -0.15) is 0 Å². The minimum absolute atomic E-state index is 0.362. The summed E-state index contributed by atoms with van der Waals surface area (Å²) in [7, 11) is 0. The molecule has 1 heterocycles. The summed E-state index contributed by atoms with van der Waals surface area (Å²) in [5, 5.41) is 19.2. The number of aliphatic hydroxyl groups is 2. The van der Waals surface area contributed by atoms with Crippen molar-refractivity contribution in [3.05, 3.63) is 0 Å². The average Bonchev–Trinajstić information content (AvgIpc) is 2.35. The Morgan fingerprint density at radius 2 is 1.38 bits per heavy atom. The first-order valence-corrected chi connectivity index (χ1v) is 4.71. The molecule has 0 aromatic heterocycles. The van der Waals surface area contributed by atoms with Gasteiger partial charge in [-0.15, -0.1) is 0 Å². The second-order valence-corrected chi connectivity index (χ2v) is 4.28. The maximum atomic E-state index is 9.61. The molecule has 0 bridgehead atoms. The topological polar surface area (TPSA) is 58.9 Å². The maximum absolute atomic E-state index is 9.61. The van der Waals surface area contributed by atoms with Crippen LogP contribution >= 0.6 is 0 Å². The quantitative estimate of drug-likeness (QED) is 0.562. The standard InChI is InChI=1S/C9H16O4/c1-9(2)12-7-5(10)3-4-6(11)8(7)13-9/h5-8,10-11H,3-4H2,1-2H3/t5-,6+,7+,8-. The van der Waals surface area contributed by atoms with E-state index in [0.29, 0.717) is 12.8 Å². The van der Waals surface area contributed by atoms with E-state index >= 15 is 0 Å². The van der Waals surface area contributed by atoms with Gasteiger partial charge in [0.1, 0.15) is 12.2 Å². The van der Waals surface area contributed by atoms with E-state index in [0.717, 1.165) is 0 Å². The summed E-state index contributed by atoms with van der Waals surface area (Å²) >= 11 is 0. The fraction of sp³-hybridized carbons (Fsp3) is 1.00. The number of hydrogen-bond donors (Lipinski definition) is 2. The van der Waals surface area contributed by atoms with Gasteiger partial charge in [0, 0.05) is 0 Å². The molecule has 76 valence electrons. The SMILES string of the molecule is CC1(C)O[C@@H]2[C@H](O1)[C@@H](O)CC[C@H]2O. The molecule has 0 radical (unpaired) electrons.